The molecule has 6 rings (SSSR count). The summed E-state index contributed by atoms with van der Waals surface area (Å²) in [5, 5.41) is 12.8. The van der Waals surface area contributed by atoms with Gasteiger partial charge in [-0.3, -0.25) is 4.98 Å². The van der Waals surface area contributed by atoms with Crippen LogP contribution in [0.4, 0.5) is 0 Å². The summed E-state index contributed by atoms with van der Waals surface area (Å²) in [6, 6.07) is 21.4. The Morgan fingerprint density at radius 1 is 1.07 bits per heavy atom. The number of nitrogens with zero attached hydrogens (tertiary/aromatic N) is 2. The van der Waals surface area contributed by atoms with E-state index in [0.717, 1.165) is 45.8 Å². The molecule has 3 unspecified atom stereocenters. The van der Waals surface area contributed by atoms with Crippen LogP contribution in [0.5, 0.6) is 0 Å². The van der Waals surface area contributed by atoms with Crippen LogP contribution in [0.2, 0.25) is 0 Å². The number of para-hydroxylation sites is 1. The fourth-order valence-electron chi connectivity index (χ4n) is 6.19. The Labute approximate surface area is 173 Å². The van der Waals surface area contributed by atoms with E-state index in [1.165, 1.54) is 31.5 Å². The predicted molar refractivity (Wildman–Crippen MR) is 117 cm³/mol. The maximum atomic E-state index is 11.7. The van der Waals surface area contributed by atoms with Gasteiger partial charge in [-0.05, 0) is 30.0 Å². The summed E-state index contributed by atoms with van der Waals surface area (Å²) in [6.45, 7) is 5.74. The van der Waals surface area contributed by atoms with Crippen molar-refractivity contribution in [2.75, 3.05) is 13.1 Å². The van der Waals surface area contributed by atoms with Crippen molar-refractivity contribution >= 4 is 10.9 Å². The van der Waals surface area contributed by atoms with Crippen molar-refractivity contribution in [1.29, 1.82) is 0 Å². The summed E-state index contributed by atoms with van der Waals surface area (Å²) in [5.41, 5.74) is 3.41. The van der Waals surface area contributed by atoms with E-state index in [1.807, 2.05) is 24.4 Å². The highest BCUT2D eigenvalue weighted by Crippen LogP contribution is 2.48. The molecule has 3 aromatic rings. The van der Waals surface area contributed by atoms with Crippen LogP contribution in [0.25, 0.3) is 10.9 Å². The molecule has 3 fully saturated rings. The van der Waals surface area contributed by atoms with E-state index in [1.54, 1.807) is 0 Å². The van der Waals surface area contributed by atoms with Crippen LogP contribution >= 0.6 is 0 Å². The van der Waals surface area contributed by atoms with E-state index in [0.29, 0.717) is 0 Å². The van der Waals surface area contributed by atoms with Gasteiger partial charge in [0.2, 0.25) is 0 Å². The smallest absolute Gasteiger partial charge is 0.131 e. The SMILES string of the molecule is CCC1C[N+]2(Cc3ccccc3)CCC1C[C@H]2[C@@H](O)c1ccnc2ccccc12. The molecule has 1 aromatic heterocycles. The molecule has 3 saturated heterocycles. The number of pyridine rings is 1. The van der Waals surface area contributed by atoms with Crippen LogP contribution in [-0.2, 0) is 6.54 Å². The average Bonchev–Trinajstić information content (AvgIpc) is 2.78. The molecular weight excluding hydrogens is 356 g/mol. The fraction of sp³-hybridized carbons (Fsp3) is 0.423. The molecule has 1 N–H and O–H groups in total. The maximum absolute atomic E-state index is 11.7. The van der Waals surface area contributed by atoms with Gasteiger partial charge >= 0.3 is 0 Å². The van der Waals surface area contributed by atoms with Crippen molar-refractivity contribution in [2.24, 2.45) is 11.8 Å². The molecule has 29 heavy (non-hydrogen) atoms. The summed E-state index contributed by atoms with van der Waals surface area (Å²) in [5.74, 6) is 1.54. The Morgan fingerprint density at radius 3 is 2.69 bits per heavy atom. The number of hydrogen-bond donors (Lipinski definition) is 1. The highest BCUT2D eigenvalue weighted by atomic mass is 16.3. The van der Waals surface area contributed by atoms with Crippen LogP contribution in [0.3, 0.4) is 0 Å². The number of aliphatic hydroxyl groups is 1. The molecular formula is C26H31N2O+. The maximum Gasteiger partial charge on any atom is 0.131 e. The number of rotatable bonds is 5. The Balaban J connectivity index is 1.55. The molecule has 0 saturated carbocycles. The molecule has 5 atom stereocenters. The molecule has 150 valence electrons. The van der Waals surface area contributed by atoms with E-state index >= 15 is 0 Å². The first-order valence-corrected chi connectivity index (χ1v) is 11.1. The number of fused-ring (bicyclic) bond motifs is 4. The van der Waals surface area contributed by atoms with Crippen LogP contribution in [-0.4, -0.2) is 33.7 Å². The second kappa shape index (κ2) is 7.55. The molecule has 0 radical (unpaired) electrons. The van der Waals surface area contributed by atoms with Gasteiger partial charge in [-0.15, -0.1) is 0 Å². The lowest BCUT2D eigenvalue weighted by Gasteiger charge is -2.58. The summed E-state index contributed by atoms with van der Waals surface area (Å²) in [4.78, 5) is 4.51. The molecule has 0 aliphatic carbocycles. The molecule has 0 spiro atoms. The minimum atomic E-state index is -0.452. The quantitative estimate of drug-likeness (QED) is 0.618. The van der Waals surface area contributed by atoms with Crippen LogP contribution in [0.1, 0.15) is 43.4 Å². The zero-order valence-corrected chi connectivity index (χ0v) is 17.2. The topological polar surface area (TPSA) is 33.1 Å². The molecule has 0 amide bonds. The van der Waals surface area contributed by atoms with Gasteiger partial charge in [-0.2, -0.15) is 0 Å². The van der Waals surface area contributed by atoms with Crippen LogP contribution in [0.15, 0.2) is 66.9 Å². The van der Waals surface area contributed by atoms with Crippen molar-refractivity contribution in [3.8, 4) is 0 Å². The Morgan fingerprint density at radius 2 is 1.86 bits per heavy atom. The van der Waals surface area contributed by atoms with Gasteiger partial charge in [0.15, 0.2) is 0 Å². The van der Waals surface area contributed by atoms with Gasteiger partial charge in [-0.25, -0.2) is 0 Å². The van der Waals surface area contributed by atoms with Gasteiger partial charge in [0, 0.05) is 35.9 Å². The summed E-state index contributed by atoms with van der Waals surface area (Å²) >= 11 is 0. The van der Waals surface area contributed by atoms with Crippen molar-refractivity contribution in [3.05, 3.63) is 78.0 Å². The lowest BCUT2D eigenvalue weighted by Crippen LogP contribution is -2.67. The molecule has 3 heteroatoms. The summed E-state index contributed by atoms with van der Waals surface area (Å²) in [7, 11) is 0. The third-order valence-electron chi connectivity index (χ3n) is 7.69. The Hall–Kier alpha value is -2.23. The normalized spacial score (nSPS) is 29.8. The number of hydrogen-bond acceptors (Lipinski definition) is 2. The molecule has 3 aliphatic rings. The molecule has 2 bridgehead atoms. The van der Waals surface area contributed by atoms with Crippen molar-refractivity contribution < 1.29 is 9.59 Å². The van der Waals surface area contributed by atoms with Gasteiger partial charge in [0.1, 0.15) is 18.7 Å². The first-order chi connectivity index (χ1) is 14.2. The lowest BCUT2D eigenvalue weighted by molar-refractivity contribution is -0.985. The number of benzene rings is 2. The van der Waals surface area contributed by atoms with E-state index in [2.05, 4.69) is 54.4 Å². The van der Waals surface area contributed by atoms with Gasteiger partial charge in [0.25, 0.3) is 0 Å². The Kier molecular flexibility index (Phi) is 4.89. The van der Waals surface area contributed by atoms with Gasteiger partial charge in [0.05, 0.1) is 18.6 Å². The highest BCUT2D eigenvalue weighted by molar-refractivity contribution is 5.82. The van der Waals surface area contributed by atoms with Crippen molar-refractivity contribution in [2.45, 2.75) is 44.9 Å². The van der Waals surface area contributed by atoms with Crippen molar-refractivity contribution in [3.63, 3.8) is 0 Å². The van der Waals surface area contributed by atoms with Gasteiger partial charge in [-0.1, -0.05) is 55.5 Å². The number of quaternary nitrogens is 1. The largest absolute Gasteiger partial charge is 0.382 e. The van der Waals surface area contributed by atoms with Crippen LogP contribution < -0.4 is 0 Å². The second-order valence-corrected chi connectivity index (χ2v) is 9.15. The molecule has 2 aromatic carbocycles. The van der Waals surface area contributed by atoms with E-state index in [9.17, 15) is 5.11 Å². The van der Waals surface area contributed by atoms with Crippen LogP contribution in [0, 0.1) is 11.8 Å². The zero-order chi connectivity index (χ0) is 19.8. The van der Waals surface area contributed by atoms with Crippen molar-refractivity contribution in [1.82, 2.24) is 4.98 Å². The fourth-order valence-corrected chi connectivity index (χ4v) is 6.19. The number of aromatic nitrogens is 1. The third-order valence-corrected chi connectivity index (χ3v) is 7.69. The van der Waals surface area contributed by atoms with E-state index < -0.39 is 6.10 Å². The molecule has 3 aliphatic heterocycles. The number of aliphatic hydroxyl groups excluding tert-OH is 1. The highest BCUT2D eigenvalue weighted by Gasteiger charge is 2.54. The van der Waals surface area contributed by atoms with Gasteiger partial charge < -0.3 is 9.59 Å². The number of piperidine rings is 3. The first kappa shape index (κ1) is 18.8. The van der Waals surface area contributed by atoms with E-state index in [4.69, 9.17) is 0 Å². The summed E-state index contributed by atoms with van der Waals surface area (Å²) in [6.07, 6.45) is 5.08. The standard InChI is InChI=1S/C26H31N2O/c1-2-20-18-28(17-19-8-4-3-5-9-19)15-13-21(20)16-25(28)26(29)23-12-14-27-24-11-7-6-10-22(23)24/h3-12,14,20-21,25-26,29H,2,13,15-18H2,1H3/q+1/t20?,21?,25-,26-,28?/m0/s1. The third kappa shape index (κ3) is 3.27. The Bertz CT molecular complexity index is 983. The second-order valence-electron chi connectivity index (χ2n) is 9.15. The van der Waals surface area contributed by atoms with E-state index in [-0.39, 0.29) is 6.04 Å². The first-order valence-electron chi connectivity index (χ1n) is 11.1. The molecule has 3 nitrogen and oxygen atoms in total. The predicted octanol–water partition coefficient (Wildman–Crippen LogP) is 5.10. The lowest BCUT2D eigenvalue weighted by atomic mass is 9.70. The average molecular weight is 388 g/mol. The summed E-state index contributed by atoms with van der Waals surface area (Å²) < 4.78 is 1.02. The zero-order valence-electron chi connectivity index (χ0n) is 17.2. The minimum absolute atomic E-state index is 0.252. The molecule has 4 heterocycles. The monoisotopic (exact) mass is 387 g/mol. The minimum Gasteiger partial charge on any atom is -0.382 e.